The lowest BCUT2D eigenvalue weighted by Gasteiger charge is -2.18. The van der Waals surface area contributed by atoms with E-state index in [-0.39, 0.29) is 4.83 Å². The van der Waals surface area contributed by atoms with Crippen LogP contribution in [-0.4, -0.2) is 0 Å². The predicted molar refractivity (Wildman–Crippen MR) is 87.9 cm³/mol. The molecule has 100 valence electrons. The average molecular weight is 358 g/mol. The number of rotatable bonds is 2. The summed E-state index contributed by atoms with van der Waals surface area (Å²) in [6.45, 7) is 6.40. The van der Waals surface area contributed by atoms with Gasteiger partial charge in [-0.3, -0.25) is 0 Å². The van der Waals surface area contributed by atoms with E-state index in [1.807, 2.05) is 18.2 Å². The van der Waals surface area contributed by atoms with Crippen LogP contribution in [0.4, 0.5) is 0 Å². The Hall–Kier alpha value is -0.500. The molecule has 0 saturated heterocycles. The van der Waals surface area contributed by atoms with Crippen molar-refractivity contribution in [1.29, 1.82) is 0 Å². The van der Waals surface area contributed by atoms with Crippen LogP contribution >= 0.6 is 39.1 Å². The first kappa shape index (κ1) is 14.9. The van der Waals surface area contributed by atoms with Gasteiger partial charge >= 0.3 is 0 Å². The molecule has 0 radical (unpaired) electrons. The lowest BCUT2D eigenvalue weighted by Crippen LogP contribution is -2.00. The van der Waals surface area contributed by atoms with Crippen LogP contribution < -0.4 is 0 Å². The van der Waals surface area contributed by atoms with E-state index in [0.29, 0.717) is 10.0 Å². The van der Waals surface area contributed by atoms with Crippen LogP contribution in [0.5, 0.6) is 0 Å². The Morgan fingerprint density at radius 2 is 1.47 bits per heavy atom. The summed E-state index contributed by atoms with van der Waals surface area (Å²) in [5.74, 6) is 0. The van der Waals surface area contributed by atoms with Gasteiger partial charge in [-0.15, -0.1) is 0 Å². The number of hydrogen-bond acceptors (Lipinski definition) is 0. The Balaban J connectivity index is 2.49. The first-order valence-electron chi connectivity index (χ1n) is 6.07. The van der Waals surface area contributed by atoms with Crippen LogP contribution in [0, 0.1) is 20.8 Å². The summed E-state index contributed by atoms with van der Waals surface area (Å²) in [5, 5.41) is 1.17. The maximum atomic E-state index is 6.10. The van der Waals surface area contributed by atoms with Gasteiger partial charge in [0, 0.05) is 0 Å². The fourth-order valence-electron chi connectivity index (χ4n) is 2.43. The van der Waals surface area contributed by atoms with Crippen molar-refractivity contribution in [3.05, 3.63) is 68.2 Å². The van der Waals surface area contributed by atoms with Gasteiger partial charge < -0.3 is 0 Å². The quantitative estimate of drug-likeness (QED) is 0.545. The maximum absolute atomic E-state index is 6.10. The zero-order chi connectivity index (χ0) is 14.2. The molecule has 19 heavy (non-hydrogen) atoms. The SMILES string of the molecule is Cc1cc(C)c(C(Br)c2ccc(Cl)c(Cl)c2)c(C)c1. The molecule has 1 atom stereocenters. The first-order valence-corrected chi connectivity index (χ1v) is 7.74. The molecular formula is C16H15BrCl2. The van der Waals surface area contributed by atoms with Crippen LogP contribution in [0.2, 0.25) is 10.0 Å². The molecule has 0 aliphatic rings. The average Bonchev–Trinajstić information content (AvgIpc) is 2.31. The minimum Gasteiger partial charge on any atom is -0.0827 e. The van der Waals surface area contributed by atoms with Gasteiger partial charge in [0.05, 0.1) is 14.9 Å². The zero-order valence-corrected chi connectivity index (χ0v) is 14.2. The minimum atomic E-state index is 0.128. The molecule has 0 spiro atoms. The van der Waals surface area contributed by atoms with Gasteiger partial charge in [-0.1, -0.05) is 62.9 Å². The van der Waals surface area contributed by atoms with Crippen LogP contribution in [0.25, 0.3) is 0 Å². The third-order valence-corrected chi connectivity index (χ3v) is 4.95. The molecule has 0 amide bonds. The molecule has 0 N–H and O–H groups in total. The summed E-state index contributed by atoms with van der Waals surface area (Å²) >= 11 is 15.8. The van der Waals surface area contributed by atoms with Crippen LogP contribution in [0.3, 0.4) is 0 Å². The number of hydrogen-bond donors (Lipinski definition) is 0. The molecule has 3 heteroatoms. The van der Waals surface area contributed by atoms with E-state index < -0.39 is 0 Å². The monoisotopic (exact) mass is 356 g/mol. The number of alkyl halides is 1. The molecule has 0 nitrogen and oxygen atoms in total. The molecule has 2 rings (SSSR count). The van der Waals surface area contributed by atoms with Gasteiger partial charge in [0.25, 0.3) is 0 Å². The third kappa shape index (κ3) is 3.16. The largest absolute Gasteiger partial charge is 0.0827 e. The van der Waals surface area contributed by atoms with E-state index in [9.17, 15) is 0 Å². The Bertz CT molecular complexity index is 597. The van der Waals surface area contributed by atoms with Gasteiger partial charge in [0.1, 0.15) is 0 Å². The Kier molecular flexibility index (Phi) is 4.60. The summed E-state index contributed by atoms with van der Waals surface area (Å²) in [6.07, 6.45) is 0. The van der Waals surface area contributed by atoms with Crippen LogP contribution in [0.15, 0.2) is 30.3 Å². The van der Waals surface area contributed by atoms with E-state index >= 15 is 0 Å². The highest BCUT2D eigenvalue weighted by molar-refractivity contribution is 9.09. The topological polar surface area (TPSA) is 0 Å². The molecule has 0 aromatic heterocycles. The number of benzene rings is 2. The van der Waals surface area contributed by atoms with E-state index in [1.165, 1.54) is 22.3 Å². The first-order chi connectivity index (χ1) is 8.90. The number of aryl methyl sites for hydroxylation is 3. The van der Waals surface area contributed by atoms with Gasteiger partial charge in [-0.2, -0.15) is 0 Å². The van der Waals surface area contributed by atoms with E-state index in [2.05, 4.69) is 48.8 Å². The van der Waals surface area contributed by atoms with Crippen LogP contribution in [0.1, 0.15) is 32.6 Å². The van der Waals surface area contributed by atoms with Gasteiger partial charge in [0.2, 0.25) is 0 Å². The summed E-state index contributed by atoms with van der Waals surface area (Å²) in [7, 11) is 0. The van der Waals surface area contributed by atoms with E-state index in [1.54, 1.807) is 0 Å². The van der Waals surface area contributed by atoms with Gasteiger partial charge in [0.15, 0.2) is 0 Å². The highest BCUT2D eigenvalue weighted by atomic mass is 79.9. The fourth-order valence-corrected chi connectivity index (χ4v) is 3.74. The van der Waals surface area contributed by atoms with Gasteiger partial charge in [-0.05, 0) is 55.2 Å². The van der Waals surface area contributed by atoms with Crippen molar-refractivity contribution in [1.82, 2.24) is 0 Å². The third-order valence-electron chi connectivity index (χ3n) is 3.23. The van der Waals surface area contributed by atoms with Crippen molar-refractivity contribution in [2.75, 3.05) is 0 Å². The lowest BCUT2D eigenvalue weighted by atomic mass is 9.94. The second kappa shape index (κ2) is 5.87. The molecule has 1 unspecified atom stereocenters. The molecular weight excluding hydrogens is 343 g/mol. The van der Waals surface area contributed by atoms with Gasteiger partial charge in [-0.25, -0.2) is 0 Å². The fraction of sp³-hybridized carbons (Fsp3) is 0.250. The summed E-state index contributed by atoms with van der Waals surface area (Å²) < 4.78 is 0. The Morgan fingerprint density at radius 3 is 2.00 bits per heavy atom. The lowest BCUT2D eigenvalue weighted by molar-refractivity contribution is 1.10. The van der Waals surface area contributed by atoms with Crippen molar-refractivity contribution in [2.24, 2.45) is 0 Å². The standard InChI is InChI=1S/C16H15BrCl2/c1-9-6-10(2)15(11(3)7-9)16(17)12-4-5-13(18)14(19)8-12/h4-8,16H,1-3H3. The normalized spacial score (nSPS) is 12.5. The van der Waals surface area contributed by atoms with Crippen molar-refractivity contribution in [2.45, 2.75) is 25.6 Å². The maximum Gasteiger partial charge on any atom is 0.0650 e. The van der Waals surface area contributed by atoms with Crippen molar-refractivity contribution in [3.63, 3.8) is 0 Å². The molecule has 2 aromatic carbocycles. The Morgan fingerprint density at radius 1 is 0.895 bits per heavy atom. The molecule has 0 heterocycles. The summed E-state index contributed by atoms with van der Waals surface area (Å²) in [6, 6.07) is 10.2. The molecule has 0 fully saturated rings. The molecule has 0 aliphatic carbocycles. The molecule has 2 aromatic rings. The molecule has 0 bridgehead atoms. The predicted octanol–water partition coefficient (Wildman–Crippen LogP) is 6.40. The van der Waals surface area contributed by atoms with Crippen molar-refractivity contribution in [3.8, 4) is 0 Å². The van der Waals surface area contributed by atoms with Crippen molar-refractivity contribution < 1.29 is 0 Å². The molecule has 0 saturated carbocycles. The zero-order valence-electron chi connectivity index (χ0n) is 11.1. The molecule has 0 aliphatic heterocycles. The highest BCUT2D eigenvalue weighted by Gasteiger charge is 2.16. The number of halogens is 3. The second-order valence-electron chi connectivity index (χ2n) is 4.85. The van der Waals surface area contributed by atoms with Crippen molar-refractivity contribution >= 4 is 39.1 Å². The minimum absolute atomic E-state index is 0.128. The smallest absolute Gasteiger partial charge is 0.0650 e. The van der Waals surface area contributed by atoms with E-state index in [4.69, 9.17) is 23.2 Å². The van der Waals surface area contributed by atoms with E-state index in [0.717, 1.165) is 5.56 Å². The Labute approximate surface area is 132 Å². The second-order valence-corrected chi connectivity index (χ2v) is 6.58. The summed E-state index contributed by atoms with van der Waals surface area (Å²) in [5.41, 5.74) is 6.26. The summed E-state index contributed by atoms with van der Waals surface area (Å²) in [4.78, 5) is 0.128. The van der Waals surface area contributed by atoms with Crippen LogP contribution in [-0.2, 0) is 0 Å². The highest BCUT2D eigenvalue weighted by Crippen LogP contribution is 2.37.